The largest absolute Gasteiger partial charge is 0.494 e. The molecule has 0 saturated heterocycles. The molecule has 1 heterocycles. The standard InChI is InChI=1S/C20H22FN3O2/c1-3-19-23-20(26-24-19)16-7-4-14(5-8-16)10-11-22-13-15-6-9-18(25-2)17(21)12-15/h4-9,12,22H,3,10-11,13H2,1-2H3. The number of rotatable bonds is 8. The minimum absolute atomic E-state index is 0.265. The van der Waals surface area contributed by atoms with Crippen LogP contribution in [0.15, 0.2) is 47.0 Å². The lowest BCUT2D eigenvalue weighted by atomic mass is 10.1. The topological polar surface area (TPSA) is 60.2 Å². The van der Waals surface area contributed by atoms with Crippen LogP contribution < -0.4 is 10.1 Å². The Balaban J connectivity index is 1.48. The van der Waals surface area contributed by atoms with Crippen LogP contribution in [0.1, 0.15) is 23.9 Å². The molecule has 26 heavy (non-hydrogen) atoms. The summed E-state index contributed by atoms with van der Waals surface area (Å²) >= 11 is 0. The average molecular weight is 355 g/mol. The van der Waals surface area contributed by atoms with Crippen molar-refractivity contribution in [1.29, 1.82) is 0 Å². The Labute approximate surface area is 152 Å². The van der Waals surface area contributed by atoms with E-state index in [9.17, 15) is 4.39 Å². The molecule has 136 valence electrons. The van der Waals surface area contributed by atoms with Gasteiger partial charge in [0.15, 0.2) is 17.4 Å². The number of nitrogens with one attached hydrogen (secondary N) is 1. The van der Waals surface area contributed by atoms with E-state index in [4.69, 9.17) is 9.26 Å². The van der Waals surface area contributed by atoms with E-state index in [1.807, 2.05) is 25.1 Å². The lowest BCUT2D eigenvalue weighted by Gasteiger charge is -2.07. The van der Waals surface area contributed by atoms with Crippen molar-refractivity contribution < 1.29 is 13.7 Å². The second kappa shape index (κ2) is 8.58. The molecule has 0 atom stereocenters. The van der Waals surface area contributed by atoms with Crippen LogP contribution in [0.4, 0.5) is 4.39 Å². The summed E-state index contributed by atoms with van der Waals surface area (Å²) in [7, 11) is 1.46. The molecule has 0 unspecified atom stereocenters. The zero-order chi connectivity index (χ0) is 18.4. The minimum atomic E-state index is -0.338. The van der Waals surface area contributed by atoms with E-state index in [2.05, 4.69) is 27.6 Å². The molecule has 3 aromatic rings. The monoisotopic (exact) mass is 355 g/mol. The molecule has 6 heteroatoms. The molecule has 0 fully saturated rings. The molecule has 0 aliphatic heterocycles. The second-order valence-corrected chi connectivity index (χ2v) is 5.96. The summed E-state index contributed by atoms with van der Waals surface area (Å²) in [4.78, 5) is 4.33. The predicted molar refractivity (Wildman–Crippen MR) is 97.5 cm³/mol. The molecule has 2 aromatic carbocycles. The van der Waals surface area contributed by atoms with Crippen molar-refractivity contribution in [3.63, 3.8) is 0 Å². The number of aryl methyl sites for hydroxylation is 1. The summed E-state index contributed by atoms with van der Waals surface area (Å²) in [5.74, 6) is 1.19. The van der Waals surface area contributed by atoms with Crippen molar-refractivity contribution in [2.75, 3.05) is 13.7 Å². The molecule has 0 aliphatic carbocycles. The fourth-order valence-corrected chi connectivity index (χ4v) is 2.61. The van der Waals surface area contributed by atoms with Crippen molar-refractivity contribution in [3.8, 4) is 17.2 Å². The van der Waals surface area contributed by atoms with E-state index in [0.29, 0.717) is 18.3 Å². The quantitative estimate of drug-likeness (QED) is 0.623. The third kappa shape index (κ3) is 4.46. The molecule has 1 aromatic heterocycles. The fourth-order valence-electron chi connectivity index (χ4n) is 2.61. The maximum atomic E-state index is 13.7. The SMILES string of the molecule is CCc1noc(-c2ccc(CCNCc3ccc(OC)c(F)c3)cc2)n1. The van der Waals surface area contributed by atoms with E-state index in [-0.39, 0.29) is 11.6 Å². The molecular formula is C20H22FN3O2. The number of methoxy groups -OCH3 is 1. The number of halogens is 1. The highest BCUT2D eigenvalue weighted by Gasteiger charge is 2.07. The van der Waals surface area contributed by atoms with E-state index in [1.165, 1.54) is 18.7 Å². The number of ether oxygens (including phenoxy) is 1. The lowest BCUT2D eigenvalue weighted by molar-refractivity contribution is 0.386. The number of aromatic nitrogens is 2. The predicted octanol–water partition coefficient (Wildman–Crippen LogP) is 3.78. The fraction of sp³-hybridized carbons (Fsp3) is 0.300. The van der Waals surface area contributed by atoms with E-state index in [1.54, 1.807) is 6.07 Å². The van der Waals surface area contributed by atoms with Gasteiger partial charge >= 0.3 is 0 Å². The van der Waals surface area contributed by atoms with Gasteiger partial charge in [-0.25, -0.2) is 4.39 Å². The van der Waals surface area contributed by atoms with Gasteiger partial charge in [0.05, 0.1) is 7.11 Å². The molecule has 0 bridgehead atoms. The Morgan fingerprint density at radius 3 is 2.54 bits per heavy atom. The highest BCUT2D eigenvalue weighted by Crippen LogP contribution is 2.19. The molecule has 0 spiro atoms. The van der Waals surface area contributed by atoms with E-state index in [0.717, 1.165) is 30.5 Å². The van der Waals surface area contributed by atoms with Crippen LogP contribution in [0.5, 0.6) is 5.75 Å². The van der Waals surface area contributed by atoms with Gasteiger partial charge in [-0.15, -0.1) is 0 Å². The molecular weight excluding hydrogens is 333 g/mol. The highest BCUT2D eigenvalue weighted by atomic mass is 19.1. The Morgan fingerprint density at radius 1 is 1.12 bits per heavy atom. The Bertz CT molecular complexity index is 847. The van der Waals surface area contributed by atoms with Gasteiger partial charge in [0.25, 0.3) is 5.89 Å². The van der Waals surface area contributed by atoms with Crippen LogP contribution in [-0.2, 0) is 19.4 Å². The average Bonchev–Trinajstić information content (AvgIpc) is 3.15. The molecule has 1 N–H and O–H groups in total. The summed E-state index contributed by atoms with van der Waals surface area (Å²) in [6, 6.07) is 13.1. The Hall–Kier alpha value is -2.73. The molecule has 5 nitrogen and oxygen atoms in total. The smallest absolute Gasteiger partial charge is 0.257 e. The molecule has 3 rings (SSSR count). The summed E-state index contributed by atoms with van der Waals surface area (Å²) in [5.41, 5.74) is 3.02. The van der Waals surface area contributed by atoms with Crippen molar-refractivity contribution in [2.45, 2.75) is 26.3 Å². The van der Waals surface area contributed by atoms with Gasteiger partial charge in [-0.1, -0.05) is 30.3 Å². The van der Waals surface area contributed by atoms with Crippen molar-refractivity contribution in [2.24, 2.45) is 0 Å². The van der Waals surface area contributed by atoms with Gasteiger partial charge in [-0.2, -0.15) is 4.98 Å². The summed E-state index contributed by atoms with van der Waals surface area (Å²) in [6.45, 7) is 3.40. The first-order valence-corrected chi connectivity index (χ1v) is 8.64. The first kappa shape index (κ1) is 18.1. The first-order valence-electron chi connectivity index (χ1n) is 8.64. The molecule has 0 saturated carbocycles. The number of hydrogen-bond acceptors (Lipinski definition) is 5. The summed E-state index contributed by atoms with van der Waals surface area (Å²) < 4.78 is 23.8. The summed E-state index contributed by atoms with van der Waals surface area (Å²) in [5, 5.41) is 7.23. The maximum Gasteiger partial charge on any atom is 0.257 e. The third-order valence-corrected chi connectivity index (χ3v) is 4.12. The van der Waals surface area contributed by atoms with Gasteiger partial charge in [0.2, 0.25) is 0 Å². The first-order chi connectivity index (χ1) is 12.7. The Kier molecular flexibility index (Phi) is 5.96. The van der Waals surface area contributed by atoms with Crippen LogP contribution in [0.3, 0.4) is 0 Å². The van der Waals surface area contributed by atoms with E-state index >= 15 is 0 Å². The van der Waals surface area contributed by atoms with E-state index < -0.39 is 0 Å². The van der Waals surface area contributed by atoms with Crippen molar-refractivity contribution in [1.82, 2.24) is 15.5 Å². The third-order valence-electron chi connectivity index (χ3n) is 4.12. The summed E-state index contributed by atoms with van der Waals surface area (Å²) in [6.07, 6.45) is 1.63. The van der Waals surface area contributed by atoms with Crippen LogP contribution in [-0.4, -0.2) is 23.8 Å². The number of nitrogens with zero attached hydrogens (tertiary/aromatic N) is 2. The second-order valence-electron chi connectivity index (χ2n) is 5.96. The van der Waals surface area contributed by atoms with Crippen molar-refractivity contribution >= 4 is 0 Å². The number of benzene rings is 2. The van der Waals surface area contributed by atoms with Crippen LogP contribution in [0.25, 0.3) is 11.5 Å². The normalized spacial score (nSPS) is 10.9. The lowest BCUT2D eigenvalue weighted by Crippen LogP contribution is -2.16. The van der Waals surface area contributed by atoms with Gasteiger partial charge in [0.1, 0.15) is 0 Å². The molecule has 0 radical (unpaired) electrons. The van der Waals surface area contributed by atoms with Gasteiger partial charge < -0.3 is 14.6 Å². The number of hydrogen-bond donors (Lipinski definition) is 1. The highest BCUT2D eigenvalue weighted by molar-refractivity contribution is 5.53. The zero-order valence-corrected chi connectivity index (χ0v) is 15.0. The van der Waals surface area contributed by atoms with Crippen molar-refractivity contribution in [3.05, 3.63) is 65.2 Å². The zero-order valence-electron chi connectivity index (χ0n) is 15.0. The molecule has 0 aliphatic rings. The van der Waals surface area contributed by atoms with Crippen LogP contribution >= 0.6 is 0 Å². The maximum absolute atomic E-state index is 13.7. The van der Waals surface area contributed by atoms with Crippen LogP contribution in [0, 0.1) is 5.82 Å². The molecule has 0 amide bonds. The van der Waals surface area contributed by atoms with Crippen LogP contribution in [0.2, 0.25) is 0 Å². The van der Waals surface area contributed by atoms with Gasteiger partial charge in [-0.3, -0.25) is 0 Å². The minimum Gasteiger partial charge on any atom is -0.494 e. The van der Waals surface area contributed by atoms with Gasteiger partial charge in [0, 0.05) is 18.5 Å². The Morgan fingerprint density at radius 2 is 1.88 bits per heavy atom. The van der Waals surface area contributed by atoms with Gasteiger partial charge in [-0.05, 0) is 48.4 Å².